The molecule has 0 aliphatic heterocycles. The van der Waals surface area contributed by atoms with E-state index in [0.29, 0.717) is 12.5 Å². The summed E-state index contributed by atoms with van der Waals surface area (Å²) in [6.45, 7) is 7.03. The number of carbonyl (C=O) groups excluding carboxylic acids is 1. The minimum absolute atomic E-state index is 0.208. The van der Waals surface area contributed by atoms with Gasteiger partial charge in [0.15, 0.2) is 0 Å². The highest BCUT2D eigenvalue weighted by Gasteiger charge is 2.27. The highest BCUT2D eigenvalue weighted by molar-refractivity contribution is 5.68. The molecular weight excluding hydrogens is 278 g/mol. The minimum Gasteiger partial charge on any atom is -0.444 e. The molecule has 1 aromatic carbocycles. The maximum Gasteiger partial charge on any atom is 0.407 e. The molecule has 1 amide bonds. The van der Waals surface area contributed by atoms with Crippen LogP contribution < -0.4 is 5.32 Å². The zero-order valence-corrected chi connectivity index (χ0v) is 13.8. The monoisotopic (exact) mass is 305 g/mol. The van der Waals surface area contributed by atoms with Crippen molar-refractivity contribution in [2.45, 2.75) is 58.3 Å². The van der Waals surface area contributed by atoms with Crippen LogP contribution in [-0.4, -0.2) is 24.3 Å². The Labute approximate surface area is 133 Å². The van der Waals surface area contributed by atoms with Crippen LogP contribution in [0, 0.1) is 5.92 Å². The molecule has 2 rings (SSSR count). The van der Waals surface area contributed by atoms with E-state index in [1.165, 1.54) is 5.56 Å². The maximum atomic E-state index is 11.8. The van der Waals surface area contributed by atoms with Crippen LogP contribution in [0.3, 0.4) is 0 Å². The van der Waals surface area contributed by atoms with Crippen molar-refractivity contribution in [1.29, 1.82) is 0 Å². The zero-order chi connectivity index (χ0) is 16.0. The van der Waals surface area contributed by atoms with Crippen molar-refractivity contribution in [1.82, 2.24) is 5.32 Å². The highest BCUT2D eigenvalue weighted by Crippen LogP contribution is 2.26. The summed E-state index contributed by atoms with van der Waals surface area (Å²) in [4.78, 5) is 11.8. The van der Waals surface area contributed by atoms with E-state index in [9.17, 15) is 4.79 Å². The molecule has 1 fully saturated rings. The molecule has 22 heavy (non-hydrogen) atoms. The number of benzene rings is 1. The van der Waals surface area contributed by atoms with Crippen LogP contribution in [0.2, 0.25) is 0 Å². The first-order valence-corrected chi connectivity index (χ1v) is 8.03. The quantitative estimate of drug-likeness (QED) is 0.897. The third-order valence-corrected chi connectivity index (χ3v) is 3.73. The molecule has 4 nitrogen and oxygen atoms in total. The third kappa shape index (κ3) is 6.06. The molecule has 0 radical (unpaired) electrons. The molecule has 0 aromatic heterocycles. The Hall–Kier alpha value is -1.55. The summed E-state index contributed by atoms with van der Waals surface area (Å²) in [7, 11) is 0. The van der Waals surface area contributed by atoms with Gasteiger partial charge in [0.1, 0.15) is 5.60 Å². The molecule has 4 heteroatoms. The van der Waals surface area contributed by atoms with E-state index >= 15 is 0 Å². The molecule has 1 aliphatic carbocycles. The molecule has 2 atom stereocenters. The molecule has 1 saturated carbocycles. The Kier molecular flexibility index (Phi) is 5.83. The number of rotatable bonds is 5. The van der Waals surface area contributed by atoms with Crippen LogP contribution in [-0.2, 0) is 16.1 Å². The molecule has 1 N–H and O–H groups in total. The maximum absolute atomic E-state index is 11.8. The van der Waals surface area contributed by atoms with Crippen LogP contribution in [0.4, 0.5) is 4.79 Å². The first-order valence-electron chi connectivity index (χ1n) is 8.03. The van der Waals surface area contributed by atoms with Crippen LogP contribution >= 0.6 is 0 Å². The van der Waals surface area contributed by atoms with Gasteiger partial charge in [-0.25, -0.2) is 4.79 Å². The largest absolute Gasteiger partial charge is 0.444 e. The molecule has 0 spiro atoms. The lowest BCUT2D eigenvalue weighted by molar-refractivity contribution is 0.0499. The van der Waals surface area contributed by atoms with Crippen LogP contribution in [0.1, 0.15) is 45.6 Å². The van der Waals surface area contributed by atoms with Gasteiger partial charge in [0.25, 0.3) is 0 Å². The van der Waals surface area contributed by atoms with Gasteiger partial charge < -0.3 is 14.8 Å². The summed E-state index contributed by atoms with van der Waals surface area (Å²) in [5.74, 6) is 0.517. The van der Waals surface area contributed by atoms with Crippen LogP contribution in [0.5, 0.6) is 0 Å². The SMILES string of the molecule is CC(C)(C)OC(=O)N[C@@H]1CC[C@H](COCc2ccccc2)C1. The first kappa shape index (κ1) is 16.8. The van der Waals surface area contributed by atoms with Crippen LogP contribution in [0.25, 0.3) is 0 Å². The van der Waals surface area contributed by atoms with Crippen molar-refractivity contribution < 1.29 is 14.3 Å². The predicted octanol–water partition coefficient (Wildman–Crippen LogP) is 3.90. The van der Waals surface area contributed by atoms with Crippen molar-refractivity contribution >= 4 is 6.09 Å². The van der Waals surface area contributed by atoms with E-state index in [1.807, 2.05) is 39.0 Å². The lowest BCUT2D eigenvalue weighted by Crippen LogP contribution is -2.38. The molecule has 1 aromatic rings. The van der Waals surface area contributed by atoms with E-state index in [2.05, 4.69) is 17.4 Å². The third-order valence-electron chi connectivity index (χ3n) is 3.73. The van der Waals surface area contributed by atoms with Crippen molar-refractivity contribution in [2.75, 3.05) is 6.61 Å². The minimum atomic E-state index is -0.444. The zero-order valence-electron chi connectivity index (χ0n) is 13.8. The molecule has 0 bridgehead atoms. The summed E-state index contributed by atoms with van der Waals surface area (Å²) in [6, 6.07) is 10.4. The van der Waals surface area contributed by atoms with Crippen LogP contribution in [0.15, 0.2) is 30.3 Å². The summed E-state index contributed by atoms with van der Waals surface area (Å²) in [6.07, 6.45) is 2.74. The number of amides is 1. The van der Waals surface area contributed by atoms with Crippen molar-refractivity contribution in [2.24, 2.45) is 5.92 Å². The topological polar surface area (TPSA) is 47.6 Å². The van der Waals surface area contributed by atoms with Crippen molar-refractivity contribution in [3.05, 3.63) is 35.9 Å². The Bertz CT molecular complexity index is 467. The summed E-state index contributed by atoms with van der Waals surface area (Å²) >= 11 is 0. The fourth-order valence-corrected chi connectivity index (χ4v) is 2.75. The van der Waals surface area contributed by atoms with E-state index in [1.54, 1.807) is 0 Å². The van der Waals surface area contributed by atoms with Gasteiger partial charge in [-0.15, -0.1) is 0 Å². The van der Waals surface area contributed by atoms with Gasteiger partial charge >= 0.3 is 6.09 Å². The van der Waals surface area contributed by atoms with Gasteiger partial charge in [-0.05, 0) is 51.5 Å². The van der Waals surface area contributed by atoms with E-state index in [4.69, 9.17) is 9.47 Å². The second kappa shape index (κ2) is 7.63. The van der Waals surface area contributed by atoms with E-state index in [0.717, 1.165) is 25.9 Å². The smallest absolute Gasteiger partial charge is 0.407 e. The second-order valence-corrected chi connectivity index (χ2v) is 7.02. The molecule has 1 aliphatic rings. The van der Waals surface area contributed by atoms with Gasteiger partial charge in [0.05, 0.1) is 6.61 Å². The number of hydrogen-bond donors (Lipinski definition) is 1. The lowest BCUT2D eigenvalue weighted by Gasteiger charge is -2.21. The molecule has 0 heterocycles. The Balaban J connectivity index is 1.64. The van der Waals surface area contributed by atoms with Gasteiger partial charge in [-0.2, -0.15) is 0 Å². The summed E-state index contributed by atoms with van der Waals surface area (Å²) < 4.78 is 11.1. The molecular formula is C18H27NO3. The van der Waals surface area contributed by atoms with Gasteiger partial charge in [-0.1, -0.05) is 30.3 Å². The first-order chi connectivity index (χ1) is 10.4. The lowest BCUT2D eigenvalue weighted by atomic mass is 10.1. The van der Waals surface area contributed by atoms with Gasteiger partial charge in [0.2, 0.25) is 0 Å². The average Bonchev–Trinajstić information content (AvgIpc) is 2.85. The van der Waals surface area contributed by atoms with Gasteiger partial charge in [-0.3, -0.25) is 0 Å². The number of carbonyl (C=O) groups is 1. The summed E-state index contributed by atoms with van der Waals surface area (Å²) in [5, 5.41) is 2.96. The number of nitrogens with one attached hydrogen (secondary N) is 1. The van der Waals surface area contributed by atoms with Crippen molar-refractivity contribution in [3.63, 3.8) is 0 Å². The van der Waals surface area contributed by atoms with E-state index < -0.39 is 5.60 Å². The Morgan fingerprint density at radius 1 is 1.23 bits per heavy atom. The van der Waals surface area contributed by atoms with Crippen molar-refractivity contribution in [3.8, 4) is 0 Å². The predicted molar refractivity (Wildman–Crippen MR) is 86.6 cm³/mol. The average molecular weight is 305 g/mol. The summed E-state index contributed by atoms with van der Waals surface area (Å²) in [5.41, 5.74) is 0.755. The molecule has 122 valence electrons. The van der Waals surface area contributed by atoms with Gasteiger partial charge in [0, 0.05) is 12.6 Å². The Morgan fingerprint density at radius 2 is 1.95 bits per heavy atom. The molecule has 0 unspecified atom stereocenters. The fourth-order valence-electron chi connectivity index (χ4n) is 2.75. The fraction of sp³-hybridized carbons (Fsp3) is 0.611. The number of alkyl carbamates (subject to hydrolysis) is 1. The highest BCUT2D eigenvalue weighted by atomic mass is 16.6. The number of hydrogen-bond acceptors (Lipinski definition) is 3. The standard InChI is InChI=1S/C18H27NO3/c1-18(2,3)22-17(20)19-16-10-9-15(11-16)13-21-12-14-7-5-4-6-8-14/h4-8,15-16H,9-13H2,1-3H3,(H,19,20)/t15-,16+/m0/s1. The molecule has 0 saturated heterocycles. The number of ether oxygens (including phenoxy) is 2. The second-order valence-electron chi connectivity index (χ2n) is 7.02. The normalized spacial score (nSPS) is 21.6. The van der Waals surface area contributed by atoms with E-state index in [-0.39, 0.29) is 12.1 Å². The Morgan fingerprint density at radius 3 is 2.64 bits per heavy atom.